The molecular weight excluding hydrogens is 398 g/mol. The summed E-state index contributed by atoms with van der Waals surface area (Å²) >= 11 is 6.09. The van der Waals surface area contributed by atoms with Gasteiger partial charge < -0.3 is 14.8 Å². The van der Waals surface area contributed by atoms with Crippen molar-refractivity contribution in [2.75, 3.05) is 11.9 Å². The molecule has 0 aromatic heterocycles. The number of nitrogens with one attached hydrogen (secondary N) is 1. The Balaban J connectivity index is 1.81. The third-order valence-electron chi connectivity index (χ3n) is 5.00. The minimum atomic E-state index is -0.171. The summed E-state index contributed by atoms with van der Waals surface area (Å²) < 4.78 is 11.7. The maximum atomic E-state index is 12.8. The van der Waals surface area contributed by atoms with E-state index < -0.39 is 0 Å². The highest BCUT2D eigenvalue weighted by Gasteiger charge is 2.13. The molecule has 0 unspecified atom stereocenters. The smallest absolute Gasteiger partial charge is 0.255 e. The molecule has 0 aliphatic heterocycles. The van der Waals surface area contributed by atoms with E-state index in [2.05, 4.69) is 5.32 Å². The summed E-state index contributed by atoms with van der Waals surface area (Å²) in [6.07, 6.45) is 0. The van der Waals surface area contributed by atoms with Crippen LogP contribution in [0.1, 0.15) is 39.5 Å². The number of carbonyl (C=O) groups excluding carboxylic acids is 1. The Bertz CT molecular complexity index is 1060. The zero-order valence-electron chi connectivity index (χ0n) is 17.7. The van der Waals surface area contributed by atoms with Crippen molar-refractivity contribution in [3.05, 3.63) is 87.4 Å². The molecule has 0 saturated carbocycles. The molecule has 0 spiro atoms. The highest BCUT2D eigenvalue weighted by molar-refractivity contribution is 6.31. The number of amides is 1. The minimum absolute atomic E-state index is 0.171. The van der Waals surface area contributed by atoms with Crippen molar-refractivity contribution in [3.8, 4) is 11.5 Å². The average molecular weight is 424 g/mol. The molecule has 3 rings (SSSR count). The molecule has 0 bridgehead atoms. The van der Waals surface area contributed by atoms with Crippen LogP contribution in [0.4, 0.5) is 5.69 Å². The summed E-state index contributed by atoms with van der Waals surface area (Å²) in [7, 11) is 0. The Morgan fingerprint density at radius 1 is 0.967 bits per heavy atom. The Hall–Kier alpha value is -2.98. The molecule has 30 heavy (non-hydrogen) atoms. The number of carbonyl (C=O) groups is 1. The lowest BCUT2D eigenvalue weighted by molar-refractivity contribution is 0.102. The molecule has 4 nitrogen and oxygen atoms in total. The van der Waals surface area contributed by atoms with Crippen molar-refractivity contribution in [3.63, 3.8) is 0 Å². The van der Waals surface area contributed by atoms with Gasteiger partial charge in [0.15, 0.2) is 0 Å². The zero-order chi connectivity index (χ0) is 21.7. The van der Waals surface area contributed by atoms with Crippen molar-refractivity contribution in [1.29, 1.82) is 0 Å². The van der Waals surface area contributed by atoms with Gasteiger partial charge in [0.1, 0.15) is 18.1 Å². The van der Waals surface area contributed by atoms with E-state index in [1.165, 1.54) is 0 Å². The molecule has 0 heterocycles. The average Bonchev–Trinajstić information content (AvgIpc) is 2.73. The van der Waals surface area contributed by atoms with E-state index in [0.717, 1.165) is 27.9 Å². The van der Waals surface area contributed by atoms with E-state index >= 15 is 0 Å². The van der Waals surface area contributed by atoms with Gasteiger partial charge in [0, 0.05) is 21.8 Å². The number of anilines is 1. The Kier molecular flexibility index (Phi) is 7.01. The summed E-state index contributed by atoms with van der Waals surface area (Å²) in [5.41, 5.74) is 5.29. The molecule has 0 aliphatic carbocycles. The van der Waals surface area contributed by atoms with Crippen LogP contribution < -0.4 is 14.8 Å². The minimum Gasteiger partial charge on any atom is -0.493 e. The van der Waals surface area contributed by atoms with E-state index in [4.69, 9.17) is 21.1 Å². The van der Waals surface area contributed by atoms with Gasteiger partial charge in [-0.3, -0.25) is 4.79 Å². The number of rotatable bonds is 7. The van der Waals surface area contributed by atoms with Crippen LogP contribution in [0.25, 0.3) is 0 Å². The number of hydrogen-bond donors (Lipinski definition) is 1. The number of benzene rings is 3. The first-order chi connectivity index (χ1) is 14.4. The fraction of sp³-hybridized carbons (Fsp3) is 0.240. The van der Waals surface area contributed by atoms with Crippen LogP contribution in [0.2, 0.25) is 5.02 Å². The lowest BCUT2D eigenvalue weighted by Crippen LogP contribution is -2.14. The molecule has 0 fully saturated rings. The fourth-order valence-corrected chi connectivity index (χ4v) is 3.20. The standard InChI is InChI=1S/C25H26ClNO3/c1-5-29-24-12-9-19(25(28)27-23-8-6-7-16(2)18(23)4)14-20(24)15-30-21-10-11-22(26)17(3)13-21/h6-14H,5,15H2,1-4H3,(H,27,28). The first-order valence-electron chi connectivity index (χ1n) is 9.91. The predicted octanol–water partition coefficient (Wildman–Crippen LogP) is 6.50. The first kappa shape index (κ1) is 21.7. The number of ether oxygens (including phenoxy) is 2. The van der Waals surface area contributed by atoms with Gasteiger partial charge in [-0.05, 0) is 86.8 Å². The second-order valence-corrected chi connectivity index (χ2v) is 7.56. The molecule has 3 aromatic carbocycles. The van der Waals surface area contributed by atoms with E-state index in [9.17, 15) is 4.79 Å². The van der Waals surface area contributed by atoms with Crippen LogP contribution >= 0.6 is 11.6 Å². The lowest BCUT2D eigenvalue weighted by atomic mass is 10.1. The molecule has 0 atom stereocenters. The van der Waals surface area contributed by atoms with Crippen molar-refractivity contribution < 1.29 is 14.3 Å². The first-order valence-corrected chi connectivity index (χ1v) is 10.3. The van der Waals surface area contributed by atoms with Crippen LogP contribution in [0, 0.1) is 20.8 Å². The van der Waals surface area contributed by atoms with Crippen LogP contribution in [-0.4, -0.2) is 12.5 Å². The normalized spacial score (nSPS) is 10.6. The second kappa shape index (κ2) is 9.68. The number of halogens is 1. The summed E-state index contributed by atoms with van der Waals surface area (Å²) in [6.45, 7) is 8.68. The van der Waals surface area contributed by atoms with Crippen molar-refractivity contribution in [1.82, 2.24) is 0 Å². The van der Waals surface area contributed by atoms with E-state index in [-0.39, 0.29) is 12.5 Å². The largest absolute Gasteiger partial charge is 0.493 e. The molecule has 1 amide bonds. The van der Waals surface area contributed by atoms with Gasteiger partial charge in [0.05, 0.1) is 6.61 Å². The summed E-state index contributed by atoms with van der Waals surface area (Å²) in [4.78, 5) is 12.8. The third-order valence-corrected chi connectivity index (χ3v) is 5.42. The topological polar surface area (TPSA) is 47.6 Å². The SMILES string of the molecule is CCOc1ccc(C(=O)Nc2cccc(C)c2C)cc1COc1ccc(Cl)c(C)c1. The maximum Gasteiger partial charge on any atom is 0.255 e. The van der Waals surface area contributed by atoms with E-state index in [1.54, 1.807) is 6.07 Å². The van der Waals surface area contributed by atoms with Gasteiger partial charge in [-0.25, -0.2) is 0 Å². The van der Waals surface area contributed by atoms with Gasteiger partial charge in [0.2, 0.25) is 0 Å². The monoisotopic (exact) mass is 423 g/mol. The van der Waals surface area contributed by atoms with Gasteiger partial charge in [-0.2, -0.15) is 0 Å². The molecule has 0 saturated heterocycles. The quantitative estimate of drug-likeness (QED) is 0.472. The predicted molar refractivity (Wildman–Crippen MR) is 122 cm³/mol. The highest BCUT2D eigenvalue weighted by Crippen LogP contribution is 2.26. The van der Waals surface area contributed by atoms with Gasteiger partial charge in [-0.1, -0.05) is 23.7 Å². The molecule has 156 valence electrons. The Labute approximate surface area is 182 Å². The highest BCUT2D eigenvalue weighted by atomic mass is 35.5. The fourth-order valence-electron chi connectivity index (χ4n) is 3.08. The van der Waals surface area contributed by atoms with Gasteiger partial charge in [-0.15, -0.1) is 0 Å². The molecule has 0 radical (unpaired) electrons. The van der Waals surface area contributed by atoms with Crippen LogP contribution in [-0.2, 0) is 6.61 Å². The maximum absolute atomic E-state index is 12.8. The van der Waals surface area contributed by atoms with E-state index in [1.807, 2.05) is 76.2 Å². The van der Waals surface area contributed by atoms with Crippen molar-refractivity contribution >= 4 is 23.2 Å². The number of aryl methyl sites for hydroxylation is 2. The van der Waals surface area contributed by atoms with E-state index in [0.29, 0.717) is 28.7 Å². The number of hydrogen-bond acceptors (Lipinski definition) is 3. The van der Waals surface area contributed by atoms with Crippen molar-refractivity contribution in [2.45, 2.75) is 34.3 Å². The lowest BCUT2D eigenvalue weighted by Gasteiger charge is -2.15. The van der Waals surface area contributed by atoms with Crippen LogP contribution in [0.3, 0.4) is 0 Å². The molecule has 5 heteroatoms. The van der Waals surface area contributed by atoms with Gasteiger partial charge >= 0.3 is 0 Å². The van der Waals surface area contributed by atoms with Gasteiger partial charge in [0.25, 0.3) is 5.91 Å². The Morgan fingerprint density at radius 3 is 2.50 bits per heavy atom. The summed E-state index contributed by atoms with van der Waals surface area (Å²) in [6, 6.07) is 16.8. The zero-order valence-corrected chi connectivity index (χ0v) is 18.5. The summed E-state index contributed by atoms with van der Waals surface area (Å²) in [5, 5.41) is 3.69. The molecule has 1 N–H and O–H groups in total. The second-order valence-electron chi connectivity index (χ2n) is 7.16. The molecule has 0 aliphatic rings. The molecular formula is C25H26ClNO3. The third kappa shape index (κ3) is 5.14. The summed E-state index contributed by atoms with van der Waals surface area (Å²) in [5.74, 6) is 1.24. The Morgan fingerprint density at radius 2 is 1.77 bits per heavy atom. The van der Waals surface area contributed by atoms with Crippen LogP contribution in [0.15, 0.2) is 54.6 Å². The molecule has 3 aromatic rings. The van der Waals surface area contributed by atoms with Crippen LogP contribution in [0.5, 0.6) is 11.5 Å². The van der Waals surface area contributed by atoms with Crippen molar-refractivity contribution in [2.24, 2.45) is 0 Å².